The van der Waals surface area contributed by atoms with Crippen molar-refractivity contribution in [3.05, 3.63) is 39.4 Å². The minimum Gasteiger partial charge on any atom is -0.312 e. The van der Waals surface area contributed by atoms with Gasteiger partial charge in [0, 0.05) is 29.9 Å². The van der Waals surface area contributed by atoms with E-state index < -0.39 is 10.0 Å². The van der Waals surface area contributed by atoms with E-state index in [0.717, 1.165) is 29.3 Å². The van der Waals surface area contributed by atoms with Crippen molar-refractivity contribution in [2.75, 3.05) is 13.6 Å². The molecule has 0 aromatic carbocycles. The third-order valence-corrected chi connectivity index (χ3v) is 7.20. The van der Waals surface area contributed by atoms with Gasteiger partial charge in [0.15, 0.2) is 0 Å². The highest BCUT2D eigenvalue weighted by atomic mass is 32.2. The first-order chi connectivity index (χ1) is 10.0. The Bertz CT molecular complexity index is 648. The van der Waals surface area contributed by atoms with Crippen molar-refractivity contribution in [1.29, 1.82) is 0 Å². The van der Waals surface area contributed by atoms with Gasteiger partial charge in [-0.2, -0.15) is 4.31 Å². The second kappa shape index (κ2) is 7.51. The average molecular weight is 345 g/mol. The Morgan fingerprint density at radius 2 is 2.05 bits per heavy atom. The summed E-state index contributed by atoms with van der Waals surface area (Å²) in [5.74, 6) is 0. The van der Waals surface area contributed by atoms with Crippen LogP contribution in [0.3, 0.4) is 0 Å². The molecule has 2 rings (SSSR count). The lowest BCUT2D eigenvalue weighted by Crippen LogP contribution is -2.25. The fourth-order valence-corrected chi connectivity index (χ4v) is 5.36. The van der Waals surface area contributed by atoms with Crippen LogP contribution in [-0.2, 0) is 23.1 Å². The predicted octanol–water partition coefficient (Wildman–Crippen LogP) is 3.13. The summed E-state index contributed by atoms with van der Waals surface area (Å²) >= 11 is 2.91. The number of nitrogens with one attached hydrogen (secondary N) is 1. The molecular weight excluding hydrogens is 324 g/mol. The molecule has 4 nitrogen and oxygen atoms in total. The lowest BCUT2D eigenvalue weighted by atomic mass is 10.4. The van der Waals surface area contributed by atoms with Gasteiger partial charge < -0.3 is 5.32 Å². The Morgan fingerprint density at radius 1 is 1.24 bits per heavy atom. The number of hydrogen-bond acceptors (Lipinski definition) is 5. The number of rotatable bonds is 8. The largest absolute Gasteiger partial charge is 0.312 e. The fourth-order valence-electron chi connectivity index (χ4n) is 1.84. The van der Waals surface area contributed by atoms with Gasteiger partial charge in [0.2, 0.25) is 0 Å². The van der Waals surface area contributed by atoms with Gasteiger partial charge in [-0.05, 0) is 36.5 Å². The molecule has 0 amide bonds. The molecular formula is C14H20N2O2S3. The SMILES string of the molecule is CCCNCc1ccc(S(=O)(=O)N(C)Cc2cccs2)s1. The Morgan fingerprint density at radius 3 is 2.71 bits per heavy atom. The van der Waals surface area contributed by atoms with E-state index >= 15 is 0 Å². The number of hydrogen-bond donors (Lipinski definition) is 1. The zero-order valence-corrected chi connectivity index (χ0v) is 14.7. The summed E-state index contributed by atoms with van der Waals surface area (Å²) in [5.41, 5.74) is 0. The van der Waals surface area contributed by atoms with Crippen LogP contribution in [0.1, 0.15) is 23.1 Å². The van der Waals surface area contributed by atoms with Gasteiger partial charge in [-0.25, -0.2) is 8.42 Å². The van der Waals surface area contributed by atoms with Crippen LogP contribution in [0.4, 0.5) is 0 Å². The summed E-state index contributed by atoms with van der Waals surface area (Å²) in [6.07, 6.45) is 1.07. The molecule has 0 atom stereocenters. The van der Waals surface area contributed by atoms with E-state index in [-0.39, 0.29) is 0 Å². The summed E-state index contributed by atoms with van der Waals surface area (Å²) in [4.78, 5) is 2.09. The van der Waals surface area contributed by atoms with Gasteiger partial charge in [0.1, 0.15) is 4.21 Å². The van der Waals surface area contributed by atoms with E-state index in [1.54, 1.807) is 24.5 Å². The Hall–Kier alpha value is -0.730. The third-order valence-electron chi connectivity index (χ3n) is 2.99. The van der Waals surface area contributed by atoms with Crippen LogP contribution in [0, 0.1) is 0 Å². The summed E-state index contributed by atoms with van der Waals surface area (Å²) in [6.45, 7) is 4.19. The fraction of sp³-hybridized carbons (Fsp3) is 0.429. The van der Waals surface area contributed by atoms with Crippen molar-refractivity contribution in [2.45, 2.75) is 30.6 Å². The van der Waals surface area contributed by atoms with Gasteiger partial charge in [-0.1, -0.05) is 13.0 Å². The molecule has 7 heteroatoms. The second-order valence-electron chi connectivity index (χ2n) is 4.74. The minimum atomic E-state index is -3.39. The lowest BCUT2D eigenvalue weighted by Gasteiger charge is -2.14. The van der Waals surface area contributed by atoms with Crippen LogP contribution in [0.5, 0.6) is 0 Å². The first kappa shape index (κ1) is 16.6. The first-order valence-corrected chi connectivity index (χ1v) is 9.96. The van der Waals surface area contributed by atoms with Crippen LogP contribution in [0.2, 0.25) is 0 Å². The maximum atomic E-state index is 12.5. The van der Waals surface area contributed by atoms with Gasteiger partial charge in [0.05, 0.1) is 0 Å². The molecule has 2 aromatic heterocycles. The van der Waals surface area contributed by atoms with E-state index in [1.165, 1.54) is 15.6 Å². The molecule has 1 N–H and O–H groups in total. The van der Waals surface area contributed by atoms with Crippen LogP contribution >= 0.6 is 22.7 Å². The monoisotopic (exact) mass is 344 g/mol. The van der Waals surface area contributed by atoms with Crippen molar-refractivity contribution in [2.24, 2.45) is 0 Å². The molecule has 2 heterocycles. The zero-order valence-electron chi connectivity index (χ0n) is 12.2. The number of sulfonamides is 1. The Kier molecular flexibility index (Phi) is 5.95. The molecule has 0 spiro atoms. The number of nitrogens with zero attached hydrogens (tertiary/aromatic N) is 1. The normalized spacial score (nSPS) is 12.1. The van der Waals surface area contributed by atoms with Crippen molar-refractivity contribution >= 4 is 32.7 Å². The molecule has 0 bridgehead atoms. The molecule has 0 radical (unpaired) electrons. The van der Waals surface area contributed by atoms with E-state index in [1.807, 2.05) is 23.6 Å². The highest BCUT2D eigenvalue weighted by molar-refractivity contribution is 7.91. The maximum Gasteiger partial charge on any atom is 0.252 e. The molecule has 21 heavy (non-hydrogen) atoms. The predicted molar refractivity (Wildman–Crippen MR) is 89.3 cm³/mol. The second-order valence-corrected chi connectivity index (χ2v) is 9.21. The summed E-state index contributed by atoms with van der Waals surface area (Å²) < 4.78 is 26.9. The standard InChI is InChI=1S/C14H20N2O2S3/c1-3-8-15-10-12-6-7-14(20-12)21(17,18)16(2)11-13-5-4-9-19-13/h4-7,9,15H,3,8,10-11H2,1-2H3. The van der Waals surface area contributed by atoms with Crippen LogP contribution in [0.25, 0.3) is 0 Å². The van der Waals surface area contributed by atoms with Crippen LogP contribution < -0.4 is 5.32 Å². The number of thiophene rings is 2. The third kappa shape index (κ3) is 4.37. The molecule has 0 fully saturated rings. The maximum absolute atomic E-state index is 12.5. The van der Waals surface area contributed by atoms with Crippen molar-refractivity contribution in [3.63, 3.8) is 0 Å². The van der Waals surface area contributed by atoms with Crippen molar-refractivity contribution in [1.82, 2.24) is 9.62 Å². The summed E-state index contributed by atoms with van der Waals surface area (Å²) in [6, 6.07) is 7.47. The molecule has 0 aliphatic carbocycles. The minimum absolute atomic E-state index is 0.412. The van der Waals surface area contributed by atoms with E-state index in [9.17, 15) is 8.42 Å². The highest BCUT2D eigenvalue weighted by Gasteiger charge is 2.23. The van der Waals surface area contributed by atoms with Gasteiger partial charge in [-0.15, -0.1) is 22.7 Å². The first-order valence-electron chi connectivity index (χ1n) is 6.82. The average Bonchev–Trinajstić information content (AvgIpc) is 3.10. The quantitative estimate of drug-likeness (QED) is 0.749. The topological polar surface area (TPSA) is 49.4 Å². The molecule has 0 saturated carbocycles. The van der Waals surface area contributed by atoms with E-state index in [0.29, 0.717) is 10.8 Å². The Labute approximate surface area is 134 Å². The molecule has 116 valence electrons. The van der Waals surface area contributed by atoms with Gasteiger partial charge >= 0.3 is 0 Å². The summed E-state index contributed by atoms with van der Waals surface area (Å²) in [7, 11) is -1.77. The van der Waals surface area contributed by atoms with Crippen LogP contribution in [0.15, 0.2) is 33.9 Å². The molecule has 0 unspecified atom stereocenters. The van der Waals surface area contributed by atoms with Gasteiger partial charge in [-0.3, -0.25) is 0 Å². The molecule has 2 aromatic rings. The molecule has 0 aliphatic rings. The van der Waals surface area contributed by atoms with Crippen molar-refractivity contribution in [3.8, 4) is 0 Å². The smallest absolute Gasteiger partial charge is 0.252 e. The van der Waals surface area contributed by atoms with E-state index in [2.05, 4.69) is 12.2 Å². The zero-order chi connectivity index (χ0) is 15.3. The lowest BCUT2D eigenvalue weighted by molar-refractivity contribution is 0.471. The van der Waals surface area contributed by atoms with E-state index in [4.69, 9.17) is 0 Å². The molecule has 0 aliphatic heterocycles. The van der Waals surface area contributed by atoms with Crippen LogP contribution in [-0.4, -0.2) is 26.3 Å². The van der Waals surface area contributed by atoms with Gasteiger partial charge in [0.25, 0.3) is 10.0 Å². The van der Waals surface area contributed by atoms with Crippen molar-refractivity contribution < 1.29 is 8.42 Å². The molecule has 0 saturated heterocycles. The highest BCUT2D eigenvalue weighted by Crippen LogP contribution is 2.25. The summed E-state index contributed by atoms with van der Waals surface area (Å²) in [5, 5.41) is 5.24. The Balaban J connectivity index is 2.04.